The molecule has 84 valence electrons. The van der Waals surface area contributed by atoms with E-state index >= 15 is 0 Å². The quantitative estimate of drug-likeness (QED) is 0.791. The van der Waals surface area contributed by atoms with Crippen molar-refractivity contribution in [3.8, 4) is 0 Å². The van der Waals surface area contributed by atoms with Gasteiger partial charge in [-0.25, -0.2) is 4.98 Å². The zero-order valence-corrected chi connectivity index (χ0v) is 8.30. The molecule has 0 aliphatic carbocycles. The average Bonchev–Trinajstić information content (AvgIpc) is 2.13. The van der Waals surface area contributed by atoms with E-state index < -0.39 is 12.6 Å². The minimum absolute atomic E-state index is 0.0412. The molecule has 0 aromatic carbocycles. The fourth-order valence-corrected chi connectivity index (χ4v) is 1.08. The van der Waals surface area contributed by atoms with Crippen molar-refractivity contribution in [1.82, 2.24) is 9.97 Å². The van der Waals surface area contributed by atoms with Crippen LogP contribution < -0.4 is 5.32 Å². The Balaban J connectivity index is 2.30. The lowest BCUT2D eigenvalue weighted by Gasteiger charge is -2.08. The molecule has 0 saturated heterocycles. The predicted octanol–water partition coefficient (Wildman–Crippen LogP) is 2.54. The Hall–Kier alpha value is -1.33. The number of alkyl halides is 3. The molecule has 0 spiro atoms. The van der Waals surface area contributed by atoms with Gasteiger partial charge < -0.3 is 5.32 Å². The van der Waals surface area contributed by atoms with E-state index in [4.69, 9.17) is 0 Å². The van der Waals surface area contributed by atoms with Crippen LogP contribution in [-0.2, 0) is 0 Å². The third-order valence-electron chi connectivity index (χ3n) is 1.81. The van der Waals surface area contributed by atoms with Gasteiger partial charge in [-0.2, -0.15) is 13.2 Å². The minimum atomic E-state index is -4.08. The van der Waals surface area contributed by atoms with Gasteiger partial charge in [-0.1, -0.05) is 0 Å². The fourth-order valence-electron chi connectivity index (χ4n) is 1.08. The van der Waals surface area contributed by atoms with Gasteiger partial charge in [0, 0.05) is 25.4 Å². The number of aromatic nitrogens is 2. The molecular weight excluding hydrogens is 207 g/mol. The number of halogens is 3. The number of rotatable bonds is 4. The summed E-state index contributed by atoms with van der Waals surface area (Å²) in [5.41, 5.74) is 0.685. The van der Waals surface area contributed by atoms with Gasteiger partial charge in [-0.15, -0.1) is 0 Å². The second-order valence-electron chi connectivity index (χ2n) is 3.14. The molecule has 0 fully saturated rings. The number of hydrogen-bond donors (Lipinski definition) is 1. The summed E-state index contributed by atoms with van der Waals surface area (Å²) < 4.78 is 35.4. The third kappa shape index (κ3) is 4.62. The number of nitrogens with zero attached hydrogens (tertiary/aromatic N) is 2. The van der Waals surface area contributed by atoms with Crippen LogP contribution in [0.3, 0.4) is 0 Å². The largest absolute Gasteiger partial charge is 0.389 e. The van der Waals surface area contributed by atoms with Gasteiger partial charge in [0.25, 0.3) is 0 Å². The molecule has 1 aromatic heterocycles. The molecular formula is C9H12F3N3. The van der Waals surface area contributed by atoms with E-state index in [1.54, 1.807) is 6.92 Å². The van der Waals surface area contributed by atoms with Crippen molar-refractivity contribution in [3.05, 3.63) is 18.1 Å². The Bertz CT molecular complexity index is 312. The highest BCUT2D eigenvalue weighted by atomic mass is 19.4. The first-order valence-electron chi connectivity index (χ1n) is 4.57. The van der Waals surface area contributed by atoms with Crippen LogP contribution in [-0.4, -0.2) is 22.7 Å². The predicted molar refractivity (Wildman–Crippen MR) is 50.5 cm³/mol. The first kappa shape index (κ1) is 11.7. The van der Waals surface area contributed by atoms with Crippen LogP contribution in [0.25, 0.3) is 0 Å². The van der Waals surface area contributed by atoms with Crippen LogP contribution >= 0.6 is 0 Å². The maximum Gasteiger partial charge on any atom is 0.389 e. The molecule has 0 unspecified atom stereocenters. The molecule has 0 radical (unpaired) electrons. The molecule has 1 heterocycles. The van der Waals surface area contributed by atoms with Crippen molar-refractivity contribution >= 4 is 5.82 Å². The number of anilines is 1. The van der Waals surface area contributed by atoms with Gasteiger partial charge in [0.05, 0.1) is 5.69 Å². The highest BCUT2D eigenvalue weighted by Gasteiger charge is 2.25. The van der Waals surface area contributed by atoms with Crippen molar-refractivity contribution < 1.29 is 13.2 Å². The molecule has 15 heavy (non-hydrogen) atoms. The van der Waals surface area contributed by atoms with E-state index in [9.17, 15) is 13.2 Å². The first-order valence-corrected chi connectivity index (χ1v) is 4.57. The van der Waals surface area contributed by atoms with Crippen LogP contribution in [0.15, 0.2) is 12.4 Å². The van der Waals surface area contributed by atoms with Crippen LogP contribution in [0.4, 0.5) is 19.0 Å². The summed E-state index contributed by atoms with van der Waals surface area (Å²) in [4.78, 5) is 7.92. The van der Waals surface area contributed by atoms with E-state index in [1.165, 1.54) is 12.4 Å². The SMILES string of the molecule is Cc1nccnc1NCCCC(F)(F)F. The zero-order chi connectivity index (χ0) is 11.3. The molecule has 0 amide bonds. The number of hydrogen-bond acceptors (Lipinski definition) is 3. The number of nitrogens with one attached hydrogen (secondary N) is 1. The zero-order valence-electron chi connectivity index (χ0n) is 8.30. The Labute approximate surface area is 85.7 Å². The van der Waals surface area contributed by atoms with Crippen molar-refractivity contribution in [3.63, 3.8) is 0 Å². The standard InChI is InChI=1S/C9H12F3N3/c1-7-8(15-6-5-13-7)14-4-2-3-9(10,11)12/h5-6H,2-4H2,1H3,(H,14,15). The molecule has 0 atom stereocenters. The Morgan fingerprint density at radius 1 is 1.27 bits per heavy atom. The summed E-state index contributed by atoms with van der Waals surface area (Å²) in [5.74, 6) is 0.541. The summed E-state index contributed by atoms with van der Waals surface area (Å²) in [6.07, 6.45) is -1.78. The van der Waals surface area contributed by atoms with Crippen molar-refractivity contribution in [2.75, 3.05) is 11.9 Å². The average molecular weight is 219 g/mol. The van der Waals surface area contributed by atoms with Gasteiger partial charge in [0.15, 0.2) is 0 Å². The van der Waals surface area contributed by atoms with Crippen LogP contribution in [0.1, 0.15) is 18.5 Å². The van der Waals surface area contributed by atoms with Crippen molar-refractivity contribution in [1.29, 1.82) is 0 Å². The molecule has 6 heteroatoms. The normalized spacial score (nSPS) is 11.5. The number of aryl methyl sites for hydroxylation is 1. The van der Waals surface area contributed by atoms with Crippen LogP contribution in [0, 0.1) is 6.92 Å². The van der Waals surface area contributed by atoms with E-state index in [0.29, 0.717) is 11.5 Å². The van der Waals surface area contributed by atoms with Gasteiger partial charge in [0.1, 0.15) is 5.82 Å². The van der Waals surface area contributed by atoms with Gasteiger partial charge in [-0.05, 0) is 13.3 Å². The lowest BCUT2D eigenvalue weighted by molar-refractivity contribution is -0.134. The van der Waals surface area contributed by atoms with Gasteiger partial charge >= 0.3 is 6.18 Å². The van der Waals surface area contributed by atoms with E-state index in [0.717, 1.165) is 0 Å². The molecule has 0 bridgehead atoms. The summed E-state index contributed by atoms with van der Waals surface area (Å²) >= 11 is 0. The van der Waals surface area contributed by atoms with E-state index in [-0.39, 0.29) is 13.0 Å². The van der Waals surface area contributed by atoms with Crippen LogP contribution in [0.5, 0.6) is 0 Å². The Morgan fingerprint density at radius 3 is 2.53 bits per heavy atom. The van der Waals surface area contributed by atoms with E-state index in [1.807, 2.05) is 0 Å². The van der Waals surface area contributed by atoms with Gasteiger partial charge in [0.2, 0.25) is 0 Å². The summed E-state index contributed by atoms with van der Waals surface area (Å²) in [5, 5.41) is 2.81. The molecule has 1 rings (SSSR count). The Kier molecular flexibility index (Phi) is 3.88. The second-order valence-corrected chi connectivity index (χ2v) is 3.14. The Morgan fingerprint density at radius 2 is 1.93 bits per heavy atom. The highest BCUT2D eigenvalue weighted by Crippen LogP contribution is 2.21. The second kappa shape index (κ2) is 4.95. The smallest absolute Gasteiger partial charge is 0.369 e. The van der Waals surface area contributed by atoms with E-state index in [2.05, 4.69) is 15.3 Å². The molecule has 1 aromatic rings. The van der Waals surface area contributed by atoms with Gasteiger partial charge in [-0.3, -0.25) is 4.98 Å². The highest BCUT2D eigenvalue weighted by molar-refractivity contribution is 5.37. The maximum absolute atomic E-state index is 11.8. The third-order valence-corrected chi connectivity index (χ3v) is 1.81. The fraction of sp³-hybridized carbons (Fsp3) is 0.556. The van der Waals surface area contributed by atoms with Crippen molar-refractivity contribution in [2.45, 2.75) is 25.9 Å². The molecule has 0 saturated carbocycles. The topological polar surface area (TPSA) is 37.8 Å². The molecule has 3 nitrogen and oxygen atoms in total. The molecule has 1 N–H and O–H groups in total. The lowest BCUT2D eigenvalue weighted by Crippen LogP contribution is -2.12. The molecule has 0 aliphatic rings. The molecule has 0 aliphatic heterocycles. The maximum atomic E-state index is 11.8. The van der Waals surface area contributed by atoms with Crippen LogP contribution in [0.2, 0.25) is 0 Å². The first-order chi connectivity index (χ1) is 6.99. The monoisotopic (exact) mass is 219 g/mol. The van der Waals surface area contributed by atoms with Crippen molar-refractivity contribution in [2.24, 2.45) is 0 Å². The minimum Gasteiger partial charge on any atom is -0.369 e. The summed E-state index contributed by atoms with van der Waals surface area (Å²) in [6, 6.07) is 0. The lowest BCUT2D eigenvalue weighted by atomic mass is 10.3. The summed E-state index contributed by atoms with van der Waals surface area (Å²) in [7, 11) is 0. The summed E-state index contributed by atoms with van der Waals surface area (Å²) in [6.45, 7) is 2.00.